The average Bonchev–Trinajstić information content (AvgIpc) is 2.92. The van der Waals surface area contributed by atoms with Gasteiger partial charge in [-0.25, -0.2) is 4.68 Å². The normalized spacial score (nSPS) is 18.1. The Morgan fingerprint density at radius 2 is 2.14 bits per heavy atom. The zero-order chi connectivity index (χ0) is 14.9. The largest absolute Gasteiger partial charge is 0.493 e. The number of hydrogen-bond acceptors (Lipinski definition) is 5. The lowest BCUT2D eigenvalue weighted by Crippen LogP contribution is -2.36. The van der Waals surface area contributed by atoms with Gasteiger partial charge in [-0.15, -0.1) is 5.10 Å². The Balaban J connectivity index is 1.87. The molecule has 1 atom stereocenters. The van der Waals surface area contributed by atoms with Crippen molar-refractivity contribution in [2.75, 3.05) is 6.61 Å². The molecule has 0 bridgehead atoms. The van der Waals surface area contributed by atoms with Crippen LogP contribution in [0.4, 0.5) is 0 Å². The number of benzene rings is 1. The molecular weight excluding hydrogens is 266 g/mol. The van der Waals surface area contributed by atoms with Gasteiger partial charge in [-0.3, -0.25) is 0 Å². The Labute approximate surface area is 124 Å². The molecule has 0 spiro atoms. The van der Waals surface area contributed by atoms with Gasteiger partial charge in [0.05, 0.1) is 19.2 Å². The van der Waals surface area contributed by atoms with Crippen LogP contribution in [-0.4, -0.2) is 32.4 Å². The van der Waals surface area contributed by atoms with Crippen LogP contribution in [0.3, 0.4) is 0 Å². The van der Waals surface area contributed by atoms with Gasteiger partial charge in [0.1, 0.15) is 5.75 Å². The van der Waals surface area contributed by atoms with E-state index < -0.39 is 0 Å². The van der Waals surface area contributed by atoms with Gasteiger partial charge in [0.2, 0.25) is 0 Å². The molecule has 112 valence electrons. The van der Waals surface area contributed by atoms with Crippen molar-refractivity contribution in [2.45, 2.75) is 45.3 Å². The summed E-state index contributed by atoms with van der Waals surface area (Å²) in [6, 6.07) is 8.24. The van der Waals surface area contributed by atoms with Gasteiger partial charge in [0.15, 0.2) is 5.82 Å². The Kier molecular flexibility index (Phi) is 3.63. The fourth-order valence-corrected chi connectivity index (χ4v) is 2.49. The quantitative estimate of drug-likeness (QED) is 0.934. The molecule has 2 heterocycles. The molecular formula is C15H21N5O. The third-order valence-electron chi connectivity index (χ3n) is 3.56. The SMILES string of the molecule is CC(C)(C)NCc1nnnn1C1CCOc2ccccc21. The highest BCUT2D eigenvalue weighted by atomic mass is 16.5. The second-order valence-corrected chi connectivity index (χ2v) is 6.33. The minimum absolute atomic E-state index is 0.0321. The van der Waals surface area contributed by atoms with Gasteiger partial charge in [-0.05, 0) is 37.3 Å². The number of tetrazole rings is 1. The molecule has 2 aromatic rings. The highest BCUT2D eigenvalue weighted by Crippen LogP contribution is 2.34. The van der Waals surface area contributed by atoms with Crippen molar-refractivity contribution in [3.8, 4) is 5.75 Å². The molecule has 6 nitrogen and oxygen atoms in total. The van der Waals surface area contributed by atoms with E-state index in [1.165, 1.54) is 0 Å². The van der Waals surface area contributed by atoms with Gasteiger partial charge in [0, 0.05) is 17.5 Å². The summed E-state index contributed by atoms with van der Waals surface area (Å²) in [6.07, 6.45) is 0.880. The van der Waals surface area contributed by atoms with Crippen LogP contribution < -0.4 is 10.1 Å². The number of aromatic nitrogens is 4. The summed E-state index contributed by atoms with van der Waals surface area (Å²) in [5, 5.41) is 15.7. The summed E-state index contributed by atoms with van der Waals surface area (Å²) in [4.78, 5) is 0. The zero-order valence-electron chi connectivity index (χ0n) is 12.7. The molecule has 0 fully saturated rings. The predicted octanol–water partition coefficient (Wildman–Crippen LogP) is 1.93. The zero-order valence-corrected chi connectivity index (χ0v) is 12.7. The predicted molar refractivity (Wildman–Crippen MR) is 79.1 cm³/mol. The molecule has 1 aliphatic heterocycles. The summed E-state index contributed by atoms with van der Waals surface area (Å²) < 4.78 is 7.63. The first-order valence-electron chi connectivity index (χ1n) is 7.28. The lowest BCUT2D eigenvalue weighted by Gasteiger charge is -2.27. The molecule has 0 aliphatic carbocycles. The van der Waals surface area contributed by atoms with E-state index in [9.17, 15) is 0 Å². The molecule has 1 unspecified atom stereocenters. The topological polar surface area (TPSA) is 64.9 Å². The maximum absolute atomic E-state index is 5.71. The Hall–Kier alpha value is -1.95. The smallest absolute Gasteiger partial charge is 0.165 e. The molecule has 3 rings (SSSR count). The highest BCUT2D eigenvalue weighted by molar-refractivity contribution is 5.37. The Bertz CT molecular complexity index is 617. The van der Waals surface area contributed by atoms with E-state index >= 15 is 0 Å². The minimum atomic E-state index is 0.0321. The Morgan fingerprint density at radius 3 is 2.95 bits per heavy atom. The van der Waals surface area contributed by atoms with Crippen molar-refractivity contribution in [3.05, 3.63) is 35.7 Å². The molecule has 1 aromatic carbocycles. The Morgan fingerprint density at radius 1 is 1.33 bits per heavy atom. The van der Waals surface area contributed by atoms with E-state index in [0.29, 0.717) is 13.2 Å². The highest BCUT2D eigenvalue weighted by Gasteiger charge is 2.26. The summed E-state index contributed by atoms with van der Waals surface area (Å²) in [5.41, 5.74) is 1.18. The van der Waals surface area contributed by atoms with Crippen molar-refractivity contribution < 1.29 is 4.74 Å². The molecule has 1 aromatic heterocycles. The average molecular weight is 287 g/mol. The van der Waals surface area contributed by atoms with Crippen LogP contribution >= 0.6 is 0 Å². The van der Waals surface area contributed by atoms with E-state index in [4.69, 9.17) is 4.74 Å². The molecule has 0 saturated heterocycles. The number of fused-ring (bicyclic) bond motifs is 1. The second kappa shape index (κ2) is 5.44. The fraction of sp³-hybridized carbons (Fsp3) is 0.533. The summed E-state index contributed by atoms with van der Waals surface area (Å²) in [5.74, 6) is 1.78. The van der Waals surface area contributed by atoms with Crippen LogP contribution in [0.15, 0.2) is 24.3 Å². The standard InChI is InChI=1S/C15H21N5O/c1-15(2,3)16-10-14-17-18-19-20(14)12-8-9-21-13-7-5-4-6-11(12)13/h4-7,12,16H,8-10H2,1-3H3. The number of nitrogens with zero attached hydrogens (tertiary/aromatic N) is 4. The number of hydrogen-bond donors (Lipinski definition) is 1. The van der Waals surface area contributed by atoms with Gasteiger partial charge in [0.25, 0.3) is 0 Å². The van der Waals surface area contributed by atoms with Crippen molar-refractivity contribution >= 4 is 0 Å². The third kappa shape index (κ3) is 3.05. The van der Waals surface area contributed by atoms with E-state index in [1.54, 1.807) is 0 Å². The van der Waals surface area contributed by atoms with Crippen molar-refractivity contribution in [2.24, 2.45) is 0 Å². The van der Waals surface area contributed by atoms with Crippen LogP contribution in [-0.2, 0) is 6.54 Å². The molecule has 6 heteroatoms. The van der Waals surface area contributed by atoms with Crippen molar-refractivity contribution in [1.82, 2.24) is 25.5 Å². The summed E-state index contributed by atoms with van der Waals surface area (Å²) in [6.45, 7) is 7.73. The third-order valence-corrected chi connectivity index (χ3v) is 3.56. The molecule has 1 N–H and O–H groups in total. The molecule has 1 aliphatic rings. The van der Waals surface area contributed by atoms with Gasteiger partial charge >= 0.3 is 0 Å². The van der Waals surface area contributed by atoms with E-state index in [1.807, 2.05) is 22.9 Å². The van der Waals surface area contributed by atoms with Crippen LogP contribution in [0.1, 0.15) is 44.6 Å². The number of rotatable bonds is 3. The molecule has 0 amide bonds. The fourth-order valence-electron chi connectivity index (χ4n) is 2.49. The minimum Gasteiger partial charge on any atom is -0.493 e. The number of nitrogens with one attached hydrogen (secondary N) is 1. The van der Waals surface area contributed by atoms with Crippen LogP contribution in [0, 0.1) is 0 Å². The first-order valence-corrected chi connectivity index (χ1v) is 7.28. The first-order chi connectivity index (χ1) is 10.0. The van der Waals surface area contributed by atoms with Gasteiger partial charge in [-0.2, -0.15) is 0 Å². The second-order valence-electron chi connectivity index (χ2n) is 6.33. The lowest BCUT2D eigenvalue weighted by atomic mass is 10.0. The van der Waals surface area contributed by atoms with Crippen molar-refractivity contribution in [3.63, 3.8) is 0 Å². The maximum atomic E-state index is 5.71. The van der Waals surface area contributed by atoms with Crippen LogP contribution in [0.2, 0.25) is 0 Å². The lowest BCUT2D eigenvalue weighted by molar-refractivity contribution is 0.245. The monoisotopic (exact) mass is 287 g/mol. The molecule has 0 saturated carbocycles. The van der Waals surface area contributed by atoms with Crippen LogP contribution in [0.5, 0.6) is 5.75 Å². The summed E-state index contributed by atoms with van der Waals surface area (Å²) in [7, 11) is 0. The van der Waals surface area contributed by atoms with E-state index in [2.05, 4.69) is 47.7 Å². The molecule has 21 heavy (non-hydrogen) atoms. The first kappa shape index (κ1) is 14.0. The van der Waals surface area contributed by atoms with Gasteiger partial charge in [-0.1, -0.05) is 18.2 Å². The maximum Gasteiger partial charge on any atom is 0.165 e. The van der Waals surface area contributed by atoms with Gasteiger partial charge < -0.3 is 10.1 Å². The van der Waals surface area contributed by atoms with Crippen molar-refractivity contribution in [1.29, 1.82) is 0 Å². The number of ether oxygens (including phenoxy) is 1. The van der Waals surface area contributed by atoms with E-state index in [-0.39, 0.29) is 11.6 Å². The van der Waals surface area contributed by atoms with Crippen LogP contribution in [0.25, 0.3) is 0 Å². The molecule has 0 radical (unpaired) electrons. The van der Waals surface area contributed by atoms with E-state index in [0.717, 1.165) is 23.6 Å². The number of para-hydroxylation sites is 1. The summed E-state index contributed by atoms with van der Waals surface area (Å²) >= 11 is 0.